The Morgan fingerprint density at radius 3 is 2.74 bits per heavy atom. The van der Waals surface area contributed by atoms with Crippen LogP contribution in [0.1, 0.15) is 10.4 Å². The zero-order chi connectivity index (χ0) is 13.8. The Bertz CT molecular complexity index is 647. The van der Waals surface area contributed by atoms with Crippen molar-refractivity contribution in [3.63, 3.8) is 0 Å². The number of benzene rings is 1. The molecule has 5 nitrogen and oxygen atoms in total. The summed E-state index contributed by atoms with van der Waals surface area (Å²) in [6, 6.07) is 8.05. The highest BCUT2D eigenvalue weighted by Crippen LogP contribution is 2.28. The molecule has 1 aromatic heterocycles. The summed E-state index contributed by atoms with van der Waals surface area (Å²) in [6.07, 6.45) is 1.36. The third-order valence-corrected chi connectivity index (χ3v) is 2.95. The van der Waals surface area contributed by atoms with Crippen molar-refractivity contribution in [2.24, 2.45) is 0 Å². The number of nitrogens with one attached hydrogen (secondary N) is 2. The Balaban J connectivity index is 2.25. The van der Waals surface area contributed by atoms with E-state index in [0.29, 0.717) is 17.0 Å². The van der Waals surface area contributed by atoms with Crippen LogP contribution in [0.25, 0.3) is 0 Å². The van der Waals surface area contributed by atoms with Crippen molar-refractivity contribution in [1.82, 2.24) is 4.98 Å². The molecule has 2 aromatic rings. The lowest BCUT2D eigenvalue weighted by molar-refractivity contribution is 0.102. The standard InChI is InChI=1S/C13H11BrN2O3/c1-19-11-4-3-9(14)6-10(11)16-13(18)8-2-5-12(17)15-7-8/h2-7H,1H3,(H,15,17)(H,16,18). The Kier molecular flexibility index (Phi) is 4.01. The van der Waals surface area contributed by atoms with Crippen LogP contribution in [-0.2, 0) is 0 Å². The minimum Gasteiger partial charge on any atom is -0.495 e. The van der Waals surface area contributed by atoms with Gasteiger partial charge in [-0.1, -0.05) is 15.9 Å². The number of halogens is 1. The number of H-pyrrole nitrogens is 1. The van der Waals surface area contributed by atoms with Crippen molar-refractivity contribution in [3.8, 4) is 5.75 Å². The third kappa shape index (κ3) is 3.23. The van der Waals surface area contributed by atoms with E-state index in [0.717, 1.165) is 4.47 Å². The number of rotatable bonds is 3. The average Bonchev–Trinajstić information content (AvgIpc) is 2.39. The topological polar surface area (TPSA) is 71.2 Å². The number of hydrogen-bond acceptors (Lipinski definition) is 3. The van der Waals surface area contributed by atoms with E-state index < -0.39 is 0 Å². The molecule has 0 bridgehead atoms. The van der Waals surface area contributed by atoms with Crippen molar-refractivity contribution in [1.29, 1.82) is 0 Å². The van der Waals surface area contributed by atoms with Crippen LogP contribution in [0.3, 0.4) is 0 Å². The molecule has 98 valence electrons. The van der Waals surface area contributed by atoms with Gasteiger partial charge in [-0.3, -0.25) is 9.59 Å². The van der Waals surface area contributed by atoms with E-state index in [1.807, 2.05) is 6.07 Å². The molecule has 2 N–H and O–H groups in total. The van der Waals surface area contributed by atoms with Gasteiger partial charge >= 0.3 is 0 Å². The largest absolute Gasteiger partial charge is 0.495 e. The Morgan fingerprint density at radius 2 is 2.11 bits per heavy atom. The molecule has 0 radical (unpaired) electrons. The number of amides is 1. The maximum atomic E-state index is 12.0. The lowest BCUT2D eigenvalue weighted by Crippen LogP contribution is -2.15. The van der Waals surface area contributed by atoms with Crippen LogP contribution in [0, 0.1) is 0 Å². The highest BCUT2D eigenvalue weighted by atomic mass is 79.9. The molecule has 1 heterocycles. The van der Waals surface area contributed by atoms with Gasteiger partial charge in [0.25, 0.3) is 5.91 Å². The van der Waals surface area contributed by atoms with Crippen LogP contribution in [0.15, 0.2) is 45.8 Å². The Hall–Kier alpha value is -2.08. The number of anilines is 1. The lowest BCUT2D eigenvalue weighted by Gasteiger charge is -2.10. The van der Waals surface area contributed by atoms with Gasteiger partial charge in [-0.15, -0.1) is 0 Å². The second kappa shape index (κ2) is 5.71. The van der Waals surface area contributed by atoms with Gasteiger partial charge < -0.3 is 15.0 Å². The lowest BCUT2D eigenvalue weighted by atomic mass is 10.2. The van der Waals surface area contributed by atoms with E-state index in [1.165, 1.54) is 25.4 Å². The fourth-order valence-electron chi connectivity index (χ4n) is 1.52. The van der Waals surface area contributed by atoms with Crippen LogP contribution < -0.4 is 15.6 Å². The number of carbonyl (C=O) groups excluding carboxylic acids is 1. The minimum absolute atomic E-state index is 0.253. The molecular formula is C13H11BrN2O3. The zero-order valence-electron chi connectivity index (χ0n) is 10.1. The van der Waals surface area contributed by atoms with E-state index in [1.54, 1.807) is 12.1 Å². The summed E-state index contributed by atoms with van der Waals surface area (Å²) in [5, 5.41) is 2.72. The van der Waals surface area contributed by atoms with Crippen molar-refractivity contribution < 1.29 is 9.53 Å². The van der Waals surface area contributed by atoms with Crippen LogP contribution in [-0.4, -0.2) is 18.0 Å². The summed E-state index contributed by atoms with van der Waals surface area (Å²) >= 11 is 3.33. The van der Waals surface area contributed by atoms with Crippen LogP contribution in [0.4, 0.5) is 5.69 Å². The summed E-state index contributed by atoms with van der Waals surface area (Å²) in [7, 11) is 1.53. The van der Waals surface area contributed by atoms with Gasteiger partial charge in [0, 0.05) is 16.7 Å². The molecule has 6 heteroatoms. The predicted octanol–water partition coefficient (Wildman–Crippen LogP) is 2.40. The first-order valence-corrected chi connectivity index (χ1v) is 6.23. The number of aromatic amines is 1. The normalized spacial score (nSPS) is 10.0. The number of hydrogen-bond donors (Lipinski definition) is 2. The van der Waals surface area contributed by atoms with Crippen LogP contribution in [0.5, 0.6) is 5.75 Å². The van der Waals surface area contributed by atoms with Crippen molar-refractivity contribution in [2.45, 2.75) is 0 Å². The summed E-state index contributed by atoms with van der Waals surface area (Å²) in [5.41, 5.74) is 0.659. The van der Waals surface area contributed by atoms with Crippen LogP contribution in [0.2, 0.25) is 0 Å². The molecule has 0 spiro atoms. The molecule has 19 heavy (non-hydrogen) atoms. The van der Waals surface area contributed by atoms with Gasteiger partial charge in [0.1, 0.15) is 5.75 Å². The molecule has 1 aromatic carbocycles. The molecule has 0 saturated carbocycles. The minimum atomic E-state index is -0.326. The van der Waals surface area contributed by atoms with Gasteiger partial charge in [-0.25, -0.2) is 0 Å². The summed E-state index contributed by atoms with van der Waals surface area (Å²) in [4.78, 5) is 25.4. The summed E-state index contributed by atoms with van der Waals surface area (Å²) in [5.74, 6) is 0.230. The van der Waals surface area contributed by atoms with Crippen LogP contribution >= 0.6 is 15.9 Å². The molecule has 0 atom stereocenters. The maximum absolute atomic E-state index is 12.0. The summed E-state index contributed by atoms with van der Waals surface area (Å²) in [6.45, 7) is 0. The van der Waals surface area contributed by atoms with E-state index in [4.69, 9.17) is 4.74 Å². The molecule has 0 aliphatic heterocycles. The van der Waals surface area contributed by atoms with Gasteiger partial charge in [-0.2, -0.15) is 0 Å². The molecule has 0 saturated heterocycles. The smallest absolute Gasteiger partial charge is 0.257 e. The number of pyridine rings is 1. The number of ether oxygens (including phenoxy) is 1. The Morgan fingerprint density at radius 1 is 1.32 bits per heavy atom. The van der Waals surface area contributed by atoms with E-state index >= 15 is 0 Å². The van der Waals surface area contributed by atoms with Gasteiger partial charge in [0.15, 0.2) is 0 Å². The van der Waals surface area contributed by atoms with E-state index in [9.17, 15) is 9.59 Å². The third-order valence-electron chi connectivity index (χ3n) is 2.46. The molecule has 1 amide bonds. The highest BCUT2D eigenvalue weighted by molar-refractivity contribution is 9.10. The molecule has 2 rings (SSSR count). The van der Waals surface area contributed by atoms with Crippen molar-refractivity contribution in [2.75, 3.05) is 12.4 Å². The molecule has 0 fully saturated rings. The van der Waals surface area contributed by atoms with E-state index in [2.05, 4.69) is 26.2 Å². The van der Waals surface area contributed by atoms with Crippen molar-refractivity contribution in [3.05, 3.63) is 56.9 Å². The zero-order valence-corrected chi connectivity index (χ0v) is 11.7. The second-order valence-electron chi connectivity index (χ2n) is 3.74. The van der Waals surface area contributed by atoms with E-state index in [-0.39, 0.29) is 11.5 Å². The number of aromatic nitrogens is 1. The Labute approximate surface area is 117 Å². The molecular weight excluding hydrogens is 312 g/mol. The fourth-order valence-corrected chi connectivity index (χ4v) is 1.89. The fraction of sp³-hybridized carbons (Fsp3) is 0.0769. The molecule has 0 unspecified atom stereocenters. The first-order valence-electron chi connectivity index (χ1n) is 5.44. The quantitative estimate of drug-likeness (QED) is 0.911. The highest BCUT2D eigenvalue weighted by Gasteiger charge is 2.10. The maximum Gasteiger partial charge on any atom is 0.257 e. The molecule has 0 aliphatic rings. The van der Waals surface area contributed by atoms with Gasteiger partial charge in [-0.05, 0) is 24.3 Å². The SMILES string of the molecule is COc1ccc(Br)cc1NC(=O)c1ccc(=O)[nH]c1. The monoisotopic (exact) mass is 322 g/mol. The predicted molar refractivity (Wildman–Crippen MR) is 75.7 cm³/mol. The number of carbonyl (C=O) groups is 1. The van der Waals surface area contributed by atoms with Crippen molar-refractivity contribution >= 4 is 27.5 Å². The summed E-state index contributed by atoms with van der Waals surface area (Å²) < 4.78 is 5.99. The second-order valence-corrected chi connectivity index (χ2v) is 4.66. The number of methoxy groups -OCH3 is 1. The average molecular weight is 323 g/mol. The van der Waals surface area contributed by atoms with Gasteiger partial charge in [0.05, 0.1) is 18.4 Å². The van der Waals surface area contributed by atoms with Gasteiger partial charge in [0.2, 0.25) is 5.56 Å². The first-order chi connectivity index (χ1) is 9.10. The first kappa shape index (κ1) is 13.4. The molecule has 0 aliphatic carbocycles.